The summed E-state index contributed by atoms with van der Waals surface area (Å²) in [5.74, 6) is 1.13. The molecule has 4 nitrogen and oxygen atoms in total. The van der Waals surface area contributed by atoms with Gasteiger partial charge in [-0.15, -0.1) is 0 Å². The lowest BCUT2D eigenvalue weighted by molar-refractivity contribution is 0.174. The first kappa shape index (κ1) is 7.44. The van der Waals surface area contributed by atoms with Gasteiger partial charge in [-0.2, -0.15) is 0 Å². The molecule has 0 fully saturated rings. The summed E-state index contributed by atoms with van der Waals surface area (Å²) in [6.07, 6.45) is 0. The molecular formula is C10H6O4. The predicted octanol–water partition coefficient (Wildman–Crippen LogP) is 1.52. The molecule has 1 aliphatic heterocycles. The van der Waals surface area contributed by atoms with Crippen molar-refractivity contribution in [2.45, 2.75) is 0 Å². The molecule has 0 atom stereocenters. The largest absolute Gasteiger partial charge is 0.453 e. The van der Waals surface area contributed by atoms with E-state index in [0.717, 1.165) is 5.39 Å². The number of hydrogen-bond acceptors (Lipinski definition) is 4. The molecule has 14 heavy (non-hydrogen) atoms. The van der Waals surface area contributed by atoms with Gasteiger partial charge in [0.2, 0.25) is 12.5 Å². The van der Waals surface area contributed by atoms with Gasteiger partial charge in [0.25, 0.3) is 0 Å². The molecule has 0 saturated carbocycles. The van der Waals surface area contributed by atoms with Gasteiger partial charge in [-0.3, -0.25) is 0 Å². The van der Waals surface area contributed by atoms with Crippen LogP contribution in [0.1, 0.15) is 0 Å². The van der Waals surface area contributed by atoms with Crippen molar-refractivity contribution in [3.63, 3.8) is 0 Å². The van der Waals surface area contributed by atoms with E-state index in [1.54, 1.807) is 12.1 Å². The highest BCUT2D eigenvalue weighted by molar-refractivity contribution is 5.85. The van der Waals surface area contributed by atoms with Crippen molar-refractivity contribution in [2.24, 2.45) is 0 Å². The highest BCUT2D eigenvalue weighted by Gasteiger charge is 2.18. The van der Waals surface area contributed by atoms with Crippen LogP contribution in [0, 0.1) is 0 Å². The van der Waals surface area contributed by atoms with E-state index < -0.39 is 0 Å². The Morgan fingerprint density at radius 3 is 2.86 bits per heavy atom. The maximum Gasteiger partial charge on any atom is 0.336 e. The van der Waals surface area contributed by atoms with Crippen molar-refractivity contribution < 1.29 is 13.9 Å². The molecule has 0 N–H and O–H groups in total. The van der Waals surface area contributed by atoms with Crippen LogP contribution in [-0.2, 0) is 0 Å². The first-order valence-electron chi connectivity index (χ1n) is 4.17. The molecule has 0 radical (unpaired) electrons. The van der Waals surface area contributed by atoms with Crippen LogP contribution in [0.2, 0.25) is 0 Å². The lowest BCUT2D eigenvalue weighted by Gasteiger charge is -1.99. The molecule has 0 unspecified atom stereocenters. The van der Waals surface area contributed by atoms with Crippen molar-refractivity contribution in [2.75, 3.05) is 6.79 Å². The molecule has 70 valence electrons. The molecule has 0 saturated heterocycles. The number of hydrogen-bond donors (Lipinski definition) is 0. The normalized spacial score (nSPS) is 13.4. The average Bonchev–Trinajstić information content (AvgIpc) is 2.65. The lowest BCUT2D eigenvalue weighted by Crippen LogP contribution is -1.95. The molecule has 1 aromatic heterocycles. The van der Waals surface area contributed by atoms with Gasteiger partial charge in [-0.1, -0.05) is 0 Å². The van der Waals surface area contributed by atoms with Crippen molar-refractivity contribution in [1.29, 1.82) is 0 Å². The summed E-state index contributed by atoms with van der Waals surface area (Å²) < 4.78 is 15.4. The Labute approximate surface area is 78.7 Å². The quantitative estimate of drug-likeness (QED) is 0.591. The predicted molar refractivity (Wildman–Crippen MR) is 48.6 cm³/mol. The Morgan fingerprint density at radius 1 is 1.07 bits per heavy atom. The van der Waals surface area contributed by atoms with E-state index >= 15 is 0 Å². The average molecular weight is 190 g/mol. The van der Waals surface area contributed by atoms with Crippen LogP contribution in [0.5, 0.6) is 11.5 Å². The summed E-state index contributed by atoms with van der Waals surface area (Å²) in [7, 11) is 0. The van der Waals surface area contributed by atoms with Crippen molar-refractivity contribution in [3.05, 3.63) is 34.7 Å². The van der Waals surface area contributed by atoms with Gasteiger partial charge in [0.05, 0.1) is 0 Å². The summed E-state index contributed by atoms with van der Waals surface area (Å²) >= 11 is 0. The standard InChI is InChI=1S/C10H6O4/c11-8-4-2-6-1-3-7-10(9(6)14-8)13-5-12-7/h1-4H,5H2. The monoisotopic (exact) mass is 190 g/mol. The fourth-order valence-corrected chi connectivity index (χ4v) is 1.49. The van der Waals surface area contributed by atoms with Crippen LogP contribution in [0.25, 0.3) is 11.0 Å². The third kappa shape index (κ3) is 0.907. The fourth-order valence-electron chi connectivity index (χ4n) is 1.49. The first-order valence-corrected chi connectivity index (χ1v) is 4.17. The van der Waals surface area contributed by atoms with Gasteiger partial charge >= 0.3 is 5.63 Å². The molecular weight excluding hydrogens is 184 g/mol. The molecule has 3 rings (SSSR count). The zero-order valence-electron chi connectivity index (χ0n) is 7.15. The van der Waals surface area contributed by atoms with Crippen LogP contribution in [0.3, 0.4) is 0 Å². The summed E-state index contributed by atoms with van der Waals surface area (Å²) in [5, 5.41) is 0.828. The van der Waals surface area contributed by atoms with Gasteiger partial charge in [-0.25, -0.2) is 4.79 Å². The van der Waals surface area contributed by atoms with Crippen LogP contribution in [-0.4, -0.2) is 6.79 Å². The van der Waals surface area contributed by atoms with E-state index in [0.29, 0.717) is 17.1 Å². The smallest absolute Gasteiger partial charge is 0.336 e. The van der Waals surface area contributed by atoms with Crippen molar-refractivity contribution in [1.82, 2.24) is 0 Å². The van der Waals surface area contributed by atoms with Crippen LogP contribution in [0.15, 0.2) is 33.5 Å². The minimum Gasteiger partial charge on any atom is -0.453 e. The van der Waals surface area contributed by atoms with Gasteiger partial charge < -0.3 is 13.9 Å². The highest BCUT2D eigenvalue weighted by atomic mass is 16.7. The summed E-state index contributed by atoms with van der Waals surface area (Å²) in [4.78, 5) is 11.0. The molecule has 0 amide bonds. The van der Waals surface area contributed by atoms with Crippen molar-refractivity contribution in [3.8, 4) is 11.5 Å². The Bertz CT molecular complexity index is 556. The van der Waals surface area contributed by atoms with Crippen LogP contribution >= 0.6 is 0 Å². The second kappa shape index (κ2) is 2.51. The van der Waals surface area contributed by atoms with Crippen LogP contribution < -0.4 is 15.1 Å². The molecule has 0 spiro atoms. The van der Waals surface area contributed by atoms with E-state index in [-0.39, 0.29) is 12.4 Å². The zero-order chi connectivity index (χ0) is 9.54. The molecule has 1 aromatic carbocycles. The minimum absolute atomic E-state index is 0.174. The molecule has 0 aliphatic carbocycles. The van der Waals surface area contributed by atoms with Gasteiger partial charge in [-0.05, 0) is 18.2 Å². The maximum atomic E-state index is 11.0. The number of benzene rings is 1. The van der Waals surface area contributed by atoms with E-state index in [9.17, 15) is 4.79 Å². The van der Waals surface area contributed by atoms with E-state index in [2.05, 4.69) is 0 Å². The summed E-state index contributed by atoms with van der Waals surface area (Å²) in [6, 6.07) is 6.70. The van der Waals surface area contributed by atoms with E-state index in [1.807, 2.05) is 6.07 Å². The van der Waals surface area contributed by atoms with Gasteiger partial charge in [0.1, 0.15) is 0 Å². The lowest BCUT2D eigenvalue weighted by atomic mass is 10.2. The maximum absolute atomic E-state index is 11.0. The topological polar surface area (TPSA) is 48.7 Å². The summed E-state index contributed by atoms with van der Waals surface area (Å²) in [6.45, 7) is 0.174. The van der Waals surface area contributed by atoms with E-state index in [1.165, 1.54) is 6.07 Å². The highest BCUT2D eigenvalue weighted by Crippen LogP contribution is 2.38. The second-order valence-electron chi connectivity index (χ2n) is 2.97. The Morgan fingerprint density at radius 2 is 1.93 bits per heavy atom. The number of fused-ring (bicyclic) bond motifs is 3. The minimum atomic E-state index is -0.388. The summed E-state index contributed by atoms with van der Waals surface area (Å²) in [5.41, 5.74) is 0.0638. The third-order valence-corrected chi connectivity index (χ3v) is 2.13. The number of ether oxygens (including phenoxy) is 2. The Hall–Kier alpha value is -1.97. The number of rotatable bonds is 0. The van der Waals surface area contributed by atoms with Gasteiger partial charge in [0.15, 0.2) is 11.3 Å². The fraction of sp³-hybridized carbons (Fsp3) is 0.100. The molecule has 2 aromatic rings. The molecule has 0 bridgehead atoms. The Balaban J connectivity index is 2.47. The first-order chi connectivity index (χ1) is 6.84. The molecule has 1 aliphatic rings. The van der Waals surface area contributed by atoms with Crippen molar-refractivity contribution >= 4 is 11.0 Å². The molecule has 4 heteroatoms. The van der Waals surface area contributed by atoms with E-state index in [4.69, 9.17) is 13.9 Å². The second-order valence-corrected chi connectivity index (χ2v) is 2.97. The Kier molecular flexibility index (Phi) is 1.33. The molecule has 2 heterocycles. The van der Waals surface area contributed by atoms with Gasteiger partial charge in [0, 0.05) is 11.5 Å². The third-order valence-electron chi connectivity index (χ3n) is 2.13. The van der Waals surface area contributed by atoms with Crippen LogP contribution in [0.4, 0.5) is 0 Å². The SMILES string of the molecule is O=c1ccc2ccc3c(c2o1)OCO3. The zero-order valence-corrected chi connectivity index (χ0v) is 7.15.